The second-order valence-corrected chi connectivity index (χ2v) is 7.97. The zero-order valence-corrected chi connectivity index (χ0v) is 15.6. The number of hydrogen-bond donors (Lipinski definition) is 2. The van der Waals surface area contributed by atoms with Crippen molar-refractivity contribution >= 4 is 5.91 Å². The first-order chi connectivity index (χ1) is 13.4. The van der Waals surface area contributed by atoms with Crippen LogP contribution in [0.15, 0.2) is 42.5 Å². The van der Waals surface area contributed by atoms with Crippen LogP contribution in [0.5, 0.6) is 0 Å². The Balaban J connectivity index is 1.56. The Hall–Kier alpha value is -2.31. The molecule has 1 amide bonds. The van der Waals surface area contributed by atoms with Gasteiger partial charge in [-0.2, -0.15) is 0 Å². The van der Waals surface area contributed by atoms with E-state index in [1.807, 2.05) is 18.2 Å². The highest BCUT2D eigenvalue weighted by molar-refractivity contribution is 5.86. The topological polar surface area (TPSA) is 66.6 Å². The van der Waals surface area contributed by atoms with Crippen LogP contribution in [0.25, 0.3) is 11.1 Å². The summed E-state index contributed by atoms with van der Waals surface area (Å²) in [4.78, 5) is 14.5. The third-order valence-electron chi connectivity index (χ3n) is 6.01. The molecular weight excluding hydrogens is 362 g/mol. The molecule has 28 heavy (non-hydrogen) atoms. The van der Waals surface area contributed by atoms with Crippen LogP contribution in [-0.2, 0) is 11.2 Å². The van der Waals surface area contributed by atoms with Crippen molar-refractivity contribution in [1.82, 2.24) is 4.90 Å². The Morgan fingerprint density at radius 3 is 2.50 bits per heavy atom. The van der Waals surface area contributed by atoms with Gasteiger partial charge in [-0.15, -0.1) is 0 Å². The molecule has 4 rings (SSSR count). The summed E-state index contributed by atoms with van der Waals surface area (Å²) < 4.78 is 27.1. The predicted molar refractivity (Wildman–Crippen MR) is 102 cm³/mol. The third kappa shape index (κ3) is 3.54. The summed E-state index contributed by atoms with van der Waals surface area (Å²) in [5.74, 6) is -1.47. The smallest absolute Gasteiger partial charge is 0.254 e. The summed E-state index contributed by atoms with van der Waals surface area (Å²) in [5.41, 5.74) is 7.14. The number of hydrogen-bond acceptors (Lipinski definition) is 3. The van der Waals surface area contributed by atoms with Crippen LogP contribution in [0.1, 0.15) is 31.2 Å². The zero-order valence-electron chi connectivity index (χ0n) is 15.6. The van der Waals surface area contributed by atoms with Crippen LogP contribution < -0.4 is 5.73 Å². The van der Waals surface area contributed by atoms with Crippen LogP contribution in [0, 0.1) is 11.6 Å². The van der Waals surface area contributed by atoms with Gasteiger partial charge in [0.25, 0.3) is 5.91 Å². The Morgan fingerprint density at radius 2 is 1.86 bits per heavy atom. The number of rotatable bonds is 4. The molecule has 1 aliphatic carbocycles. The molecule has 0 bridgehead atoms. The van der Waals surface area contributed by atoms with Gasteiger partial charge in [0.1, 0.15) is 17.2 Å². The molecule has 4 nitrogen and oxygen atoms in total. The Morgan fingerprint density at radius 1 is 1.14 bits per heavy atom. The van der Waals surface area contributed by atoms with Crippen molar-refractivity contribution in [2.24, 2.45) is 5.73 Å². The summed E-state index contributed by atoms with van der Waals surface area (Å²) in [7, 11) is 0. The van der Waals surface area contributed by atoms with Gasteiger partial charge in [-0.25, -0.2) is 8.78 Å². The molecule has 2 fully saturated rings. The van der Waals surface area contributed by atoms with Crippen LogP contribution in [-0.4, -0.2) is 40.1 Å². The number of likely N-dealkylation sites (tertiary alicyclic amines) is 1. The molecule has 6 heteroatoms. The molecule has 3 N–H and O–H groups in total. The number of nitrogens with two attached hydrogens (primary N) is 1. The number of nitrogens with zero attached hydrogens (tertiary/aromatic N) is 1. The van der Waals surface area contributed by atoms with E-state index in [0.717, 1.165) is 18.1 Å². The fourth-order valence-electron chi connectivity index (χ4n) is 4.22. The van der Waals surface area contributed by atoms with Gasteiger partial charge in [0.2, 0.25) is 0 Å². The van der Waals surface area contributed by atoms with Crippen molar-refractivity contribution in [1.29, 1.82) is 0 Å². The quantitative estimate of drug-likeness (QED) is 0.849. The zero-order chi connectivity index (χ0) is 19.9. The molecule has 1 saturated heterocycles. The van der Waals surface area contributed by atoms with E-state index in [0.29, 0.717) is 43.4 Å². The first-order valence-electron chi connectivity index (χ1n) is 9.70. The molecule has 2 unspecified atom stereocenters. The molecule has 1 aliphatic heterocycles. The minimum Gasteiger partial charge on any atom is -0.380 e. The van der Waals surface area contributed by atoms with Gasteiger partial charge in [0, 0.05) is 18.7 Å². The molecule has 2 aromatic carbocycles. The van der Waals surface area contributed by atoms with Crippen molar-refractivity contribution in [2.75, 3.05) is 6.54 Å². The van der Waals surface area contributed by atoms with E-state index in [1.54, 1.807) is 11.0 Å². The predicted octanol–water partition coefficient (Wildman–Crippen LogP) is 3.02. The van der Waals surface area contributed by atoms with Crippen molar-refractivity contribution in [3.63, 3.8) is 0 Å². The van der Waals surface area contributed by atoms with Crippen molar-refractivity contribution in [2.45, 2.75) is 49.8 Å². The summed E-state index contributed by atoms with van der Waals surface area (Å²) in [6, 6.07) is 10.5. The maximum absolute atomic E-state index is 13.6. The van der Waals surface area contributed by atoms with Gasteiger partial charge in [-0.3, -0.25) is 4.79 Å². The molecule has 0 radical (unpaired) electrons. The second-order valence-electron chi connectivity index (χ2n) is 7.97. The van der Waals surface area contributed by atoms with Gasteiger partial charge < -0.3 is 15.7 Å². The van der Waals surface area contributed by atoms with E-state index in [9.17, 15) is 18.7 Å². The molecule has 0 spiro atoms. The van der Waals surface area contributed by atoms with E-state index in [1.165, 1.54) is 12.1 Å². The van der Waals surface area contributed by atoms with Gasteiger partial charge in [-0.05, 0) is 60.9 Å². The maximum atomic E-state index is 13.6. The number of benzene rings is 2. The number of carbonyl (C=O) groups is 1. The van der Waals surface area contributed by atoms with Crippen LogP contribution in [0.3, 0.4) is 0 Å². The summed E-state index contributed by atoms with van der Waals surface area (Å²) in [5, 5.41) is 10.5. The van der Waals surface area contributed by atoms with E-state index in [4.69, 9.17) is 5.73 Å². The number of amides is 1. The van der Waals surface area contributed by atoms with Gasteiger partial charge in [0.05, 0.1) is 6.04 Å². The minimum atomic E-state index is -1.23. The lowest BCUT2D eigenvalue weighted by atomic mass is 9.79. The normalized spacial score (nSPS) is 23.5. The first kappa shape index (κ1) is 19.0. The van der Waals surface area contributed by atoms with Crippen LogP contribution >= 0.6 is 0 Å². The maximum Gasteiger partial charge on any atom is 0.254 e. The molecule has 2 aromatic rings. The highest BCUT2D eigenvalue weighted by Gasteiger charge is 2.48. The van der Waals surface area contributed by atoms with Gasteiger partial charge in [-0.1, -0.05) is 24.3 Å². The molecule has 2 aliphatic rings. The monoisotopic (exact) mass is 386 g/mol. The molecule has 0 aromatic heterocycles. The lowest BCUT2D eigenvalue weighted by Gasteiger charge is -2.40. The fraction of sp³-hybridized carbons (Fsp3) is 0.409. The lowest BCUT2D eigenvalue weighted by Crippen LogP contribution is -2.56. The summed E-state index contributed by atoms with van der Waals surface area (Å²) in [6.45, 7) is 0.543. The van der Waals surface area contributed by atoms with Gasteiger partial charge >= 0.3 is 0 Å². The average Bonchev–Trinajstić information content (AvgIpc) is 2.99. The van der Waals surface area contributed by atoms with Crippen molar-refractivity contribution in [3.05, 3.63) is 59.7 Å². The second kappa shape index (κ2) is 7.26. The van der Waals surface area contributed by atoms with Gasteiger partial charge in [0.15, 0.2) is 0 Å². The summed E-state index contributed by atoms with van der Waals surface area (Å²) >= 11 is 0. The van der Waals surface area contributed by atoms with Crippen molar-refractivity contribution in [3.8, 4) is 11.1 Å². The number of carbonyl (C=O) groups excluding carboxylic acids is 1. The van der Waals surface area contributed by atoms with Crippen LogP contribution in [0.2, 0.25) is 0 Å². The lowest BCUT2D eigenvalue weighted by molar-refractivity contribution is -0.161. The Bertz CT molecular complexity index is 878. The number of halogens is 2. The third-order valence-corrected chi connectivity index (χ3v) is 6.01. The molecule has 2 atom stereocenters. The Kier molecular flexibility index (Phi) is 4.93. The highest BCUT2D eigenvalue weighted by Crippen LogP contribution is 2.36. The largest absolute Gasteiger partial charge is 0.380 e. The molecule has 148 valence electrons. The Labute approximate surface area is 163 Å². The van der Waals surface area contributed by atoms with E-state index in [-0.39, 0.29) is 18.0 Å². The number of aliphatic hydroxyl groups is 1. The standard InChI is InChI=1S/C22H24F2N2O2/c23-17-11-16(12-18(24)13-17)15-4-1-3-14(9-15)10-20-19(25)5-8-26(20)21(27)22(28)6-2-7-22/h1,3-4,9,11-13,19-20,28H,2,5-8,10,25H2. The van der Waals surface area contributed by atoms with E-state index >= 15 is 0 Å². The van der Waals surface area contributed by atoms with Crippen LogP contribution in [0.4, 0.5) is 8.78 Å². The molecule has 1 saturated carbocycles. The minimum absolute atomic E-state index is 0.164. The molecule has 1 heterocycles. The average molecular weight is 386 g/mol. The summed E-state index contributed by atoms with van der Waals surface area (Å²) in [6.07, 6.45) is 3.10. The fourth-order valence-corrected chi connectivity index (χ4v) is 4.22. The van der Waals surface area contributed by atoms with Crippen molar-refractivity contribution < 1.29 is 18.7 Å². The van der Waals surface area contributed by atoms with E-state index in [2.05, 4.69) is 0 Å². The van der Waals surface area contributed by atoms with E-state index < -0.39 is 17.2 Å². The SMILES string of the molecule is NC1CCN(C(=O)C2(O)CCC2)C1Cc1cccc(-c2cc(F)cc(F)c2)c1. The first-order valence-corrected chi connectivity index (χ1v) is 9.70. The molecular formula is C22H24F2N2O2. The highest BCUT2D eigenvalue weighted by atomic mass is 19.1.